The van der Waals surface area contributed by atoms with Crippen molar-refractivity contribution >= 4 is 40.3 Å². The van der Waals surface area contributed by atoms with Crippen molar-refractivity contribution in [3.05, 3.63) is 45.3 Å². The van der Waals surface area contributed by atoms with Gasteiger partial charge in [-0.1, -0.05) is 17.7 Å². The molecule has 0 atom stereocenters. The van der Waals surface area contributed by atoms with Crippen molar-refractivity contribution in [3.63, 3.8) is 0 Å². The molecule has 0 aliphatic carbocycles. The maximum atomic E-state index is 11.7. The van der Waals surface area contributed by atoms with Crippen molar-refractivity contribution in [1.82, 2.24) is 0 Å². The first-order valence-corrected chi connectivity index (χ1v) is 4.87. The van der Waals surface area contributed by atoms with Crippen LogP contribution in [0.3, 0.4) is 0 Å². The average molecular weight is 241 g/mol. The summed E-state index contributed by atoms with van der Waals surface area (Å²) in [4.78, 5) is 22.7. The van der Waals surface area contributed by atoms with Crippen molar-refractivity contribution in [2.45, 2.75) is 0 Å². The molecular weight excluding hydrogens is 236 g/mol. The first kappa shape index (κ1) is 10.3. The smallest absolute Gasteiger partial charge is 0.223 e. The second-order valence-corrected chi connectivity index (χ2v) is 3.71. The van der Waals surface area contributed by atoms with Gasteiger partial charge in [-0.25, -0.2) is 0 Å². The number of hydrogen-bond donors (Lipinski definition) is 1. The Bertz CT molecular complexity index is 603. The molecule has 0 saturated heterocycles. The summed E-state index contributed by atoms with van der Waals surface area (Å²) in [5.74, 6) is 0. The van der Waals surface area contributed by atoms with Gasteiger partial charge in [-0.15, -0.1) is 12.6 Å². The molecule has 0 amide bonds. The van der Waals surface area contributed by atoms with Gasteiger partial charge in [0.05, 0.1) is 10.4 Å². The van der Waals surface area contributed by atoms with Crippen LogP contribution in [0.15, 0.2) is 33.7 Å². The Kier molecular flexibility index (Phi) is 2.54. The third-order valence-corrected chi connectivity index (χ3v) is 2.52. The minimum Gasteiger partial charge on any atom is -0.462 e. The molecule has 0 aliphatic rings. The number of rotatable bonds is 1. The molecule has 0 aliphatic heterocycles. The maximum Gasteiger partial charge on any atom is 0.223 e. The first-order chi connectivity index (χ1) is 7.11. The van der Waals surface area contributed by atoms with Crippen LogP contribution in [0, 0.1) is 0 Å². The Hall–Kier alpha value is -1.26. The molecule has 2 aromatic rings. The highest BCUT2D eigenvalue weighted by molar-refractivity contribution is 7.97. The third-order valence-electron chi connectivity index (χ3n) is 1.98. The zero-order valence-electron chi connectivity index (χ0n) is 7.36. The van der Waals surface area contributed by atoms with Gasteiger partial charge < -0.3 is 4.42 Å². The van der Waals surface area contributed by atoms with Gasteiger partial charge in [0.15, 0.2) is 5.58 Å². The number of carbonyl (C=O) groups is 1. The molecule has 1 aromatic heterocycles. The summed E-state index contributed by atoms with van der Waals surface area (Å²) in [5.41, 5.74) is -0.227. The number of halogens is 1. The summed E-state index contributed by atoms with van der Waals surface area (Å²) in [5, 5.41) is -0.00390. The van der Waals surface area contributed by atoms with E-state index in [2.05, 4.69) is 12.6 Å². The number of benzene rings is 1. The predicted molar refractivity (Wildman–Crippen MR) is 60.8 cm³/mol. The number of fused-ring (bicyclic) bond motifs is 1. The Morgan fingerprint density at radius 3 is 2.80 bits per heavy atom. The molecule has 0 unspecified atom stereocenters. The second-order valence-electron chi connectivity index (χ2n) is 2.90. The fourth-order valence-corrected chi connectivity index (χ4v) is 1.64. The van der Waals surface area contributed by atoms with Gasteiger partial charge in [-0.3, -0.25) is 9.59 Å². The summed E-state index contributed by atoms with van der Waals surface area (Å²) in [6.45, 7) is 0. The summed E-state index contributed by atoms with van der Waals surface area (Å²) >= 11 is 9.40. The summed E-state index contributed by atoms with van der Waals surface area (Å²) in [6, 6.07) is 4.77. The molecule has 0 saturated carbocycles. The molecule has 0 spiro atoms. The molecule has 0 fully saturated rings. The minimum absolute atomic E-state index is 0.0897. The highest BCUT2D eigenvalue weighted by atomic mass is 35.5. The van der Waals surface area contributed by atoms with Gasteiger partial charge >= 0.3 is 0 Å². The minimum atomic E-state index is -0.620. The zero-order valence-corrected chi connectivity index (χ0v) is 9.01. The molecule has 1 heterocycles. The maximum absolute atomic E-state index is 11.7. The van der Waals surface area contributed by atoms with Crippen molar-refractivity contribution in [1.29, 1.82) is 0 Å². The highest BCUT2D eigenvalue weighted by Gasteiger charge is 2.12. The molecule has 0 bridgehead atoms. The van der Waals surface area contributed by atoms with E-state index < -0.39 is 10.5 Å². The Labute approximate surface area is 95.1 Å². The van der Waals surface area contributed by atoms with E-state index in [-0.39, 0.29) is 16.5 Å². The molecule has 5 heteroatoms. The lowest BCUT2D eigenvalue weighted by Gasteiger charge is -1.99. The zero-order chi connectivity index (χ0) is 11.0. The fraction of sp³-hybridized carbons (Fsp3) is 0. The summed E-state index contributed by atoms with van der Waals surface area (Å²) < 4.78 is 5.11. The lowest BCUT2D eigenvalue weighted by atomic mass is 10.2. The van der Waals surface area contributed by atoms with Crippen LogP contribution in [0.2, 0.25) is 5.02 Å². The average Bonchev–Trinajstić information content (AvgIpc) is 2.19. The van der Waals surface area contributed by atoms with Crippen LogP contribution >= 0.6 is 24.2 Å². The highest BCUT2D eigenvalue weighted by Crippen LogP contribution is 2.21. The van der Waals surface area contributed by atoms with Crippen LogP contribution in [-0.4, -0.2) is 5.12 Å². The van der Waals surface area contributed by atoms with Crippen molar-refractivity contribution in [2.75, 3.05) is 0 Å². The van der Waals surface area contributed by atoms with E-state index in [0.29, 0.717) is 5.02 Å². The topological polar surface area (TPSA) is 47.3 Å². The van der Waals surface area contributed by atoms with Crippen LogP contribution in [0.25, 0.3) is 11.0 Å². The Morgan fingerprint density at radius 1 is 1.40 bits per heavy atom. The van der Waals surface area contributed by atoms with Crippen molar-refractivity contribution in [2.24, 2.45) is 0 Å². The van der Waals surface area contributed by atoms with E-state index in [9.17, 15) is 9.59 Å². The van der Waals surface area contributed by atoms with Gasteiger partial charge in [0, 0.05) is 0 Å². The van der Waals surface area contributed by atoms with Crippen LogP contribution in [-0.2, 0) is 0 Å². The number of thiol groups is 1. The van der Waals surface area contributed by atoms with Crippen LogP contribution in [0.4, 0.5) is 0 Å². The van der Waals surface area contributed by atoms with Gasteiger partial charge in [0.2, 0.25) is 10.5 Å². The molecule has 1 aromatic carbocycles. The van der Waals surface area contributed by atoms with E-state index in [0.717, 1.165) is 6.26 Å². The number of carbonyl (C=O) groups excluding carboxylic acids is 1. The second kappa shape index (κ2) is 3.72. The largest absolute Gasteiger partial charge is 0.462 e. The van der Waals surface area contributed by atoms with E-state index >= 15 is 0 Å². The first-order valence-electron chi connectivity index (χ1n) is 4.04. The van der Waals surface area contributed by atoms with Gasteiger partial charge in [0.1, 0.15) is 11.8 Å². The molecular formula is C10H5ClO3S. The van der Waals surface area contributed by atoms with E-state index in [4.69, 9.17) is 16.0 Å². The lowest BCUT2D eigenvalue weighted by Crippen LogP contribution is -2.11. The van der Waals surface area contributed by atoms with Gasteiger partial charge in [0.25, 0.3) is 0 Å². The van der Waals surface area contributed by atoms with E-state index in [1.807, 2.05) is 0 Å². The molecule has 3 nitrogen and oxygen atoms in total. The molecule has 76 valence electrons. The van der Waals surface area contributed by atoms with E-state index in [1.54, 1.807) is 18.2 Å². The number of para-hydroxylation sites is 1. The summed E-state index contributed by atoms with van der Waals surface area (Å²) in [6.07, 6.45) is 1.08. The third kappa shape index (κ3) is 1.66. The quantitative estimate of drug-likeness (QED) is 0.780. The molecule has 0 N–H and O–H groups in total. The fourth-order valence-electron chi connectivity index (χ4n) is 1.27. The lowest BCUT2D eigenvalue weighted by molar-refractivity contribution is 0.108. The van der Waals surface area contributed by atoms with Crippen LogP contribution in [0.1, 0.15) is 10.4 Å². The Balaban J connectivity index is 2.92. The monoisotopic (exact) mass is 240 g/mol. The standard InChI is InChI=1S/C10H5ClO3S/c11-7-3-1-2-5-8(12)6(10(13)15)4-14-9(5)7/h1-4H,(H,13,15). The predicted octanol–water partition coefficient (Wildman–Crippen LogP) is 2.52. The number of hydrogen-bond acceptors (Lipinski definition) is 3. The van der Waals surface area contributed by atoms with Crippen LogP contribution < -0.4 is 5.43 Å². The van der Waals surface area contributed by atoms with Crippen molar-refractivity contribution in [3.8, 4) is 0 Å². The van der Waals surface area contributed by atoms with Crippen molar-refractivity contribution < 1.29 is 9.21 Å². The van der Waals surface area contributed by atoms with Gasteiger partial charge in [-0.2, -0.15) is 0 Å². The SMILES string of the molecule is O=C(S)c1coc2c(Cl)cccc2c1=O. The normalized spacial score (nSPS) is 10.5. The molecule has 15 heavy (non-hydrogen) atoms. The van der Waals surface area contributed by atoms with E-state index in [1.165, 1.54) is 0 Å². The van der Waals surface area contributed by atoms with Crippen LogP contribution in [0.5, 0.6) is 0 Å². The Morgan fingerprint density at radius 2 is 2.13 bits per heavy atom. The van der Waals surface area contributed by atoms with Gasteiger partial charge in [-0.05, 0) is 12.1 Å². The molecule has 2 rings (SSSR count). The molecule has 0 radical (unpaired) electrons. The summed E-state index contributed by atoms with van der Waals surface area (Å²) in [7, 11) is 0.